The zero-order valence-electron chi connectivity index (χ0n) is 14.3. The molecule has 0 bridgehead atoms. The van der Waals surface area contributed by atoms with Gasteiger partial charge in [-0.05, 0) is 74.0 Å². The minimum absolute atomic E-state index is 0.675. The molecule has 112 valence electrons. The van der Waals surface area contributed by atoms with Crippen LogP contribution in [-0.4, -0.2) is 0 Å². The second-order valence-electron chi connectivity index (χ2n) is 9.05. The van der Waals surface area contributed by atoms with Gasteiger partial charge in [0.2, 0.25) is 0 Å². The Balaban J connectivity index is 0.000000121. The summed E-state index contributed by atoms with van der Waals surface area (Å²) in [6.07, 6.45) is 10.3. The van der Waals surface area contributed by atoms with Gasteiger partial charge in [0.1, 0.15) is 0 Å². The Morgan fingerprint density at radius 3 is 1.30 bits per heavy atom. The number of hydrogen-bond acceptors (Lipinski definition) is 0. The summed E-state index contributed by atoms with van der Waals surface area (Å²) in [5.74, 6) is 4.10. The summed E-state index contributed by atoms with van der Waals surface area (Å²) in [6, 6.07) is 0. The van der Waals surface area contributed by atoms with E-state index in [0.717, 1.165) is 23.7 Å². The SMILES string of the molecule is CC1=CCC2C(C1)C2(C)C.CC1=CC[C@@H]2[C@H](C1)C2(C)C. The molecule has 0 aliphatic heterocycles. The van der Waals surface area contributed by atoms with Crippen molar-refractivity contribution in [3.8, 4) is 0 Å². The molecule has 0 heterocycles. The van der Waals surface area contributed by atoms with E-state index in [0.29, 0.717) is 10.8 Å². The van der Waals surface area contributed by atoms with E-state index in [9.17, 15) is 0 Å². The second kappa shape index (κ2) is 4.49. The highest BCUT2D eigenvalue weighted by Gasteiger charge is 2.57. The Labute approximate surface area is 125 Å². The van der Waals surface area contributed by atoms with Crippen molar-refractivity contribution in [3.63, 3.8) is 0 Å². The molecule has 4 aliphatic carbocycles. The van der Waals surface area contributed by atoms with Gasteiger partial charge in [-0.2, -0.15) is 0 Å². The van der Waals surface area contributed by atoms with E-state index < -0.39 is 0 Å². The van der Waals surface area contributed by atoms with Crippen LogP contribution in [0.2, 0.25) is 0 Å². The Bertz CT molecular complexity index is 416. The number of fused-ring (bicyclic) bond motifs is 2. The van der Waals surface area contributed by atoms with Gasteiger partial charge in [0.15, 0.2) is 0 Å². The molecule has 2 unspecified atom stereocenters. The molecule has 2 saturated carbocycles. The van der Waals surface area contributed by atoms with Crippen molar-refractivity contribution >= 4 is 0 Å². The van der Waals surface area contributed by atoms with Gasteiger partial charge < -0.3 is 0 Å². The van der Waals surface area contributed by atoms with Crippen molar-refractivity contribution in [2.24, 2.45) is 34.5 Å². The summed E-state index contributed by atoms with van der Waals surface area (Å²) in [7, 11) is 0. The molecule has 20 heavy (non-hydrogen) atoms. The van der Waals surface area contributed by atoms with Crippen molar-refractivity contribution in [1.29, 1.82) is 0 Å². The van der Waals surface area contributed by atoms with Crippen LogP contribution in [0.3, 0.4) is 0 Å². The van der Waals surface area contributed by atoms with Crippen LogP contribution >= 0.6 is 0 Å². The Kier molecular flexibility index (Phi) is 3.23. The second-order valence-corrected chi connectivity index (χ2v) is 9.05. The predicted molar refractivity (Wildman–Crippen MR) is 87.5 cm³/mol. The Hall–Kier alpha value is -0.520. The van der Waals surface area contributed by atoms with E-state index in [1.165, 1.54) is 25.7 Å². The topological polar surface area (TPSA) is 0 Å². The monoisotopic (exact) mass is 272 g/mol. The summed E-state index contributed by atoms with van der Waals surface area (Å²) in [5, 5.41) is 0. The molecule has 0 nitrogen and oxygen atoms in total. The van der Waals surface area contributed by atoms with Crippen molar-refractivity contribution in [2.75, 3.05) is 0 Å². The van der Waals surface area contributed by atoms with Gasteiger partial charge in [0.05, 0.1) is 0 Å². The molecule has 0 heteroatoms. The van der Waals surface area contributed by atoms with E-state index in [4.69, 9.17) is 0 Å². The molecule has 0 amide bonds. The molecule has 2 fully saturated rings. The van der Waals surface area contributed by atoms with Crippen molar-refractivity contribution in [2.45, 2.75) is 67.2 Å². The van der Waals surface area contributed by atoms with Crippen LogP contribution in [0.15, 0.2) is 23.3 Å². The average molecular weight is 272 g/mol. The highest BCUT2D eigenvalue weighted by molar-refractivity contribution is 5.19. The van der Waals surface area contributed by atoms with Crippen molar-refractivity contribution in [1.82, 2.24) is 0 Å². The maximum absolute atomic E-state index is 2.43. The lowest BCUT2D eigenvalue weighted by Crippen LogP contribution is -1.90. The number of hydrogen-bond donors (Lipinski definition) is 0. The third kappa shape index (κ3) is 2.30. The summed E-state index contributed by atoms with van der Waals surface area (Å²) >= 11 is 0. The average Bonchev–Trinajstić information content (AvgIpc) is 3.12. The van der Waals surface area contributed by atoms with E-state index >= 15 is 0 Å². The Morgan fingerprint density at radius 2 is 1.05 bits per heavy atom. The first-order chi connectivity index (χ1) is 9.24. The fourth-order valence-corrected chi connectivity index (χ4v) is 4.98. The summed E-state index contributed by atoms with van der Waals surface area (Å²) in [6.45, 7) is 14.2. The lowest BCUT2D eigenvalue weighted by molar-refractivity contribution is 0.542. The van der Waals surface area contributed by atoms with Crippen molar-refractivity contribution < 1.29 is 0 Å². The largest absolute Gasteiger partial charge is 0.0853 e. The fourth-order valence-electron chi connectivity index (χ4n) is 4.98. The van der Waals surface area contributed by atoms with E-state index in [1.807, 2.05) is 0 Å². The van der Waals surface area contributed by atoms with Crippen LogP contribution in [0, 0.1) is 34.5 Å². The first-order valence-corrected chi connectivity index (χ1v) is 8.56. The molecule has 0 spiro atoms. The van der Waals surface area contributed by atoms with Gasteiger partial charge in [-0.25, -0.2) is 0 Å². The van der Waals surface area contributed by atoms with Gasteiger partial charge >= 0.3 is 0 Å². The first-order valence-electron chi connectivity index (χ1n) is 8.56. The lowest BCUT2D eigenvalue weighted by atomic mass is 10.0. The molecule has 0 aromatic rings. The third-order valence-corrected chi connectivity index (χ3v) is 7.10. The number of rotatable bonds is 0. The predicted octanol–water partition coefficient (Wildman–Crippen LogP) is 6.00. The molecule has 0 aromatic carbocycles. The van der Waals surface area contributed by atoms with Gasteiger partial charge in [0.25, 0.3) is 0 Å². The molecule has 4 atom stereocenters. The minimum atomic E-state index is 0.675. The third-order valence-electron chi connectivity index (χ3n) is 7.10. The molecule has 0 saturated heterocycles. The minimum Gasteiger partial charge on any atom is -0.0853 e. The zero-order chi connectivity index (χ0) is 14.7. The fraction of sp³-hybridized carbons (Fsp3) is 0.800. The van der Waals surface area contributed by atoms with E-state index in [-0.39, 0.29) is 0 Å². The maximum Gasteiger partial charge on any atom is -0.0286 e. The summed E-state index contributed by atoms with van der Waals surface area (Å²) in [5.41, 5.74) is 4.58. The maximum atomic E-state index is 2.43. The molecule has 0 N–H and O–H groups in total. The van der Waals surface area contributed by atoms with Crippen LogP contribution in [0.1, 0.15) is 67.2 Å². The van der Waals surface area contributed by atoms with Gasteiger partial charge in [-0.1, -0.05) is 51.0 Å². The molecular weight excluding hydrogens is 240 g/mol. The van der Waals surface area contributed by atoms with Gasteiger partial charge in [-0.15, -0.1) is 0 Å². The molecule has 4 rings (SSSR count). The number of allylic oxidation sites excluding steroid dienone is 4. The molecule has 0 aromatic heterocycles. The van der Waals surface area contributed by atoms with Crippen LogP contribution in [0.4, 0.5) is 0 Å². The van der Waals surface area contributed by atoms with Crippen LogP contribution in [-0.2, 0) is 0 Å². The highest BCUT2D eigenvalue weighted by atomic mass is 14.6. The first kappa shape index (κ1) is 14.4. The van der Waals surface area contributed by atoms with Gasteiger partial charge in [0, 0.05) is 0 Å². The van der Waals surface area contributed by atoms with Crippen molar-refractivity contribution in [3.05, 3.63) is 23.3 Å². The molecular formula is C20H32. The van der Waals surface area contributed by atoms with E-state index in [2.05, 4.69) is 53.7 Å². The Morgan fingerprint density at radius 1 is 0.700 bits per heavy atom. The summed E-state index contributed by atoms with van der Waals surface area (Å²) < 4.78 is 0. The van der Waals surface area contributed by atoms with Gasteiger partial charge in [-0.3, -0.25) is 0 Å². The lowest BCUT2D eigenvalue weighted by Gasteiger charge is -2.05. The summed E-state index contributed by atoms with van der Waals surface area (Å²) in [4.78, 5) is 0. The quantitative estimate of drug-likeness (QED) is 0.475. The highest BCUT2D eigenvalue weighted by Crippen LogP contribution is 2.65. The zero-order valence-corrected chi connectivity index (χ0v) is 14.3. The molecule has 0 radical (unpaired) electrons. The van der Waals surface area contributed by atoms with Crippen LogP contribution in [0.5, 0.6) is 0 Å². The van der Waals surface area contributed by atoms with Crippen LogP contribution < -0.4 is 0 Å². The van der Waals surface area contributed by atoms with Crippen LogP contribution in [0.25, 0.3) is 0 Å². The van der Waals surface area contributed by atoms with E-state index in [1.54, 1.807) is 11.1 Å². The molecule has 4 aliphatic rings. The smallest absolute Gasteiger partial charge is 0.0286 e. The standard InChI is InChI=1S/2C10H16/c2*1-7-4-5-8-9(6-7)10(8,2)3/h2*4,8-9H,5-6H2,1-3H3/t8-,9+;/m1./s1. The normalized spacial score (nSPS) is 42.1.